The van der Waals surface area contributed by atoms with Crippen LogP contribution >= 0.6 is 0 Å². The van der Waals surface area contributed by atoms with Crippen molar-refractivity contribution >= 4 is 34.8 Å². The van der Waals surface area contributed by atoms with Crippen molar-refractivity contribution in [3.05, 3.63) is 72.4 Å². The molecular weight excluding hydrogens is 310 g/mol. The van der Waals surface area contributed by atoms with Crippen LogP contribution in [0.15, 0.2) is 66.9 Å². The van der Waals surface area contributed by atoms with Gasteiger partial charge in [0.05, 0.1) is 16.9 Å². The second kappa shape index (κ2) is 8.11. The smallest absolute Gasteiger partial charge is 0.214 e. The second-order valence-corrected chi connectivity index (χ2v) is 5.68. The number of nitrogens with zero attached hydrogens (tertiary/aromatic N) is 2. The van der Waals surface area contributed by atoms with Crippen LogP contribution in [0.5, 0.6) is 0 Å². The summed E-state index contributed by atoms with van der Waals surface area (Å²) in [6, 6.07) is 17.9. The van der Waals surface area contributed by atoms with E-state index in [-0.39, 0.29) is 0 Å². The van der Waals surface area contributed by atoms with Crippen LogP contribution in [-0.4, -0.2) is 25.0 Å². The monoisotopic (exact) mass is 331 g/mol. The topological polar surface area (TPSA) is 45.2 Å². The maximum Gasteiger partial charge on any atom is 0.214 e. The van der Waals surface area contributed by atoms with Gasteiger partial charge in [-0.1, -0.05) is 48.6 Å². The first-order valence-corrected chi connectivity index (χ1v) is 8.32. The molecule has 1 amide bonds. The van der Waals surface area contributed by atoms with Crippen molar-refractivity contribution in [1.29, 1.82) is 0 Å². The molecule has 3 aromatic rings. The molecule has 3 rings (SSSR count). The van der Waals surface area contributed by atoms with Gasteiger partial charge < -0.3 is 10.2 Å². The number of carbonyl (C=O) groups is 1. The zero-order chi connectivity index (χ0) is 17.5. The van der Waals surface area contributed by atoms with Crippen LogP contribution in [0, 0.1) is 0 Å². The van der Waals surface area contributed by atoms with Gasteiger partial charge in [0.25, 0.3) is 0 Å². The van der Waals surface area contributed by atoms with Gasteiger partial charge in [-0.05, 0) is 24.6 Å². The van der Waals surface area contributed by atoms with Gasteiger partial charge in [0.2, 0.25) is 6.41 Å². The number of aromatic nitrogens is 1. The Labute approximate surface area is 147 Å². The Morgan fingerprint density at radius 1 is 1.08 bits per heavy atom. The van der Waals surface area contributed by atoms with Gasteiger partial charge in [-0.25, -0.2) is 0 Å². The highest BCUT2D eigenvalue weighted by Crippen LogP contribution is 2.24. The number of amides is 1. The Balaban J connectivity index is 1.70. The maximum absolute atomic E-state index is 11.5. The molecule has 0 spiro atoms. The van der Waals surface area contributed by atoms with Crippen LogP contribution in [0.4, 0.5) is 11.4 Å². The molecule has 0 fully saturated rings. The van der Waals surface area contributed by atoms with E-state index in [0.717, 1.165) is 40.7 Å². The molecule has 1 N–H and O–H groups in total. The third-order valence-corrected chi connectivity index (χ3v) is 4.11. The van der Waals surface area contributed by atoms with Crippen molar-refractivity contribution in [2.75, 3.05) is 23.8 Å². The summed E-state index contributed by atoms with van der Waals surface area (Å²) in [4.78, 5) is 17.7. The van der Waals surface area contributed by atoms with E-state index >= 15 is 0 Å². The third kappa shape index (κ3) is 3.86. The average molecular weight is 331 g/mol. The molecule has 0 aliphatic rings. The molecular formula is C21H21N3O. The molecule has 4 nitrogen and oxygen atoms in total. The van der Waals surface area contributed by atoms with Crippen LogP contribution < -0.4 is 10.2 Å². The van der Waals surface area contributed by atoms with Crippen molar-refractivity contribution in [2.24, 2.45) is 0 Å². The largest absolute Gasteiger partial charge is 0.386 e. The van der Waals surface area contributed by atoms with Crippen molar-refractivity contribution in [3.63, 3.8) is 0 Å². The number of hydrogen-bond acceptors (Lipinski definition) is 3. The molecule has 0 radical (unpaired) electrons. The first kappa shape index (κ1) is 16.7. The minimum absolute atomic E-state index is 0.622. The van der Waals surface area contributed by atoms with Gasteiger partial charge in [-0.3, -0.25) is 9.78 Å². The fraction of sp³-hybridized carbons (Fsp3) is 0.143. The number of para-hydroxylation sites is 3. The van der Waals surface area contributed by atoms with Crippen LogP contribution in [0.3, 0.4) is 0 Å². The number of nitrogens with one attached hydrogen (secondary N) is 1. The van der Waals surface area contributed by atoms with Crippen molar-refractivity contribution in [1.82, 2.24) is 4.98 Å². The molecule has 0 aliphatic heterocycles. The van der Waals surface area contributed by atoms with Gasteiger partial charge in [-0.15, -0.1) is 0 Å². The van der Waals surface area contributed by atoms with Crippen LogP contribution in [-0.2, 0) is 4.79 Å². The zero-order valence-electron chi connectivity index (χ0n) is 14.2. The molecule has 0 aliphatic carbocycles. The van der Waals surface area contributed by atoms with E-state index in [2.05, 4.69) is 40.7 Å². The minimum Gasteiger partial charge on any atom is -0.386 e. The summed E-state index contributed by atoms with van der Waals surface area (Å²) < 4.78 is 0. The highest BCUT2D eigenvalue weighted by atomic mass is 16.1. The van der Waals surface area contributed by atoms with Crippen LogP contribution in [0.25, 0.3) is 17.0 Å². The SMILES string of the molecule is CNc1ccccc1N(C=O)CC/C=C/c1cccc2cccnc12. The number of anilines is 2. The Kier molecular flexibility index (Phi) is 5.42. The molecule has 0 atom stereocenters. The predicted octanol–water partition coefficient (Wildman–Crippen LogP) is 4.34. The van der Waals surface area contributed by atoms with E-state index in [0.29, 0.717) is 6.54 Å². The molecule has 1 aromatic heterocycles. The number of rotatable bonds is 7. The molecule has 126 valence electrons. The minimum atomic E-state index is 0.622. The zero-order valence-corrected chi connectivity index (χ0v) is 14.2. The van der Waals surface area contributed by atoms with Crippen molar-refractivity contribution in [3.8, 4) is 0 Å². The fourth-order valence-electron chi connectivity index (χ4n) is 2.85. The van der Waals surface area contributed by atoms with Crippen molar-refractivity contribution in [2.45, 2.75) is 6.42 Å². The lowest BCUT2D eigenvalue weighted by atomic mass is 10.1. The molecule has 1 heterocycles. The van der Waals surface area contributed by atoms with E-state index in [9.17, 15) is 4.79 Å². The Bertz CT molecular complexity index is 884. The average Bonchev–Trinajstić information content (AvgIpc) is 2.68. The quantitative estimate of drug-likeness (QED) is 0.655. The van der Waals surface area contributed by atoms with Gasteiger partial charge in [-0.2, -0.15) is 0 Å². The molecule has 0 saturated heterocycles. The lowest BCUT2D eigenvalue weighted by Gasteiger charge is -2.19. The Morgan fingerprint density at radius 2 is 1.92 bits per heavy atom. The number of carbonyl (C=O) groups excluding carboxylic acids is 1. The number of pyridine rings is 1. The van der Waals surface area contributed by atoms with E-state index < -0.39 is 0 Å². The maximum atomic E-state index is 11.5. The van der Waals surface area contributed by atoms with Gasteiger partial charge in [0.15, 0.2) is 0 Å². The van der Waals surface area contributed by atoms with Gasteiger partial charge in [0, 0.05) is 30.7 Å². The predicted molar refractivity (Wildman–Crippen MR) is 105 cm³/mol. The lowest BCUT2D eigenvalue weighted by Crippen LogP contribution is -2.22. The second-order valence-electron chi connectivity index (χ2n) is 5.68. The van der Waals surface area contributed by atoms with Crippen LogP contribution in [0.2, 0.25) is 0 Å². The number of fused-ring (bicyclic) bond motifs is 1. The Hall–Kier alpha value is -3.14. The summed E-state index contributed by atoms with van der Waals surface area (Å²) in [6.07, 6.45) is 7.61. The highest BCUT2D eigenvalue weighted by molar-refractivity contribution is 5.87. The molecule has 0 bridgehead atoms. The molecule has 0 saturated carbocycles. The molecule has 2 aromatic carbocycles. The standard InChI is InChI=1S/C21H21N3O/c1-22-19-12-2-3-13-20(19)24(16-25)15-5-4-8-17-9-6-10-18-11-7-14-23-21(17)18/h2-4,6-14,16,22H,5,15H2,1H3/b8-4+. The molecule has 0 unspecified atom stereocenters. The normalized spacial score (nSPS) is 10.9. The number of benzene rings is 2. The lowest BCUT2D eigenvalue weighted by molar-refractivity contribution is -0.107. The summed E-state index contributed by atoms with van der Waals surface area (Å²) in [5.74, 6) is 0. The van der Waals surface area contributed by atoms with E-state index in [1.807, 2.05) is 49.6 Å². The Morgan fingerprint density at radius 3 is 2.76 bits per heavy atom. The first-order valence-electron chi connectivity index (χ1n) is 8.32. The van der Waals surface area contributed by atoms with E-state index in [1.165, 1.54) is 0 Å². The van der Waals surface area contributed by atoms with Crippen LogP contribution in [0.1, 0.15) is 12.0 Å². The van der Waals surface area contributed by atoms with Gasteiger partial charge in [0.1, 0.15) is 0 Å². The summed E-state index contributed by atoms with van der Waals surface area (Å²) in [5.41, 5.74) is 3.91. The molecule has 4 heteroatoms. The summed E-state index contributed by atoms with van der Waals surface area (Å²) >= 11 is 0. The summed E-state index contributed by atoms with van der Waals surface area (Å²) in [5, 5.41) is 4.25. The first-order chi connectivity index (χ1) is 12.3. The van der Waals surface area contributed by atoms with E-state index in [4.69, 9.17) is 0 Å². The summed E-state index contributed by atoms with van der Waals surface area (Å²) in [6.45, 7) is 0.622. The van der Waals surface area contributed by atoms with E-state index in [1.54, 1.807) is 4.90 Å². The third-order valence-electron chi connectivity index (χ3n) is 4.11. The van der Waals surface area contributed by atoms with Gasteiger partial charge >= 0.3 is 0 Å². The highest BCUT2D eigenvalue weighted by Gasteiger charge is 2.08. The number of hydrogen-bond donors (Lipinski definition) is 1. The molecule has 25 heavy (non-hydrogen) atoms. The fourth-order valence-corrected chi connectivity index (χ4v) is 2.85. The van der Waals surface area contributed by atoms with Crippen molar-refractivity contribution < 1.29 is 4.79 Å². The summed E-state index contributed by atoms with van der Waals surface area (Å²) in [7, 11) is 1.86.